The van der Waals surface area contributed by atoms with E-state index in [4.69, 9.17) is 9.84 Å². The molecule has 0 fully saturated rings. The van der Waals surface area contributed by atoms with Gasteiger partial charge in [0.05, 0.1) is 13.5 Å². The van der Waals surface area contributed by atoms with Crippen molar-refractivity contribution >= 4 is 5.97 Å². The fourth-order valence-electron chi connectivity index (χ4n) is 2.25. The monoisotopic (exact) mass is 250 g/mol. The molecule has 0 heterocycles. The molecule has 18 heavy (non-hydrogen) atoms. The fourth-order valence-corrected chi connectivity index (χ4v) is 2.25. The molecule has 0 bridgehead atoms. The highest BCUT2D eigenvalue weighted by molar-refractivity contribution is 5.68. The summed E-state index contributed by atoms with van der Waals surface area (Å²) in [6.45, 7) is 6.37. The number of hydrogen-bond donors (Lipinski definition) is 1. The van der Waals surface area contributed by atoms with Crippen molar-refractivity contribution in [2.45, 2.75) is 39.5 Å². The molecular weight excluding hydrogens is 228 g/mol. The summed E-state index contributed by atoms with van der Waals surface area (Å²) < 4.78 is 5.33. The van der Waals surface area contributed by atoms with E-state index in [1.165, 1.54) is 0 Å². The minimum absolute atomic E-state index is 0.0151. The molecule has 0 aromatic heterocycles. The third-order valence-corrected chi connectivity index (χ3v) is 2.86. The van der Waals surface area contributed by atoms with E-state index in [1.54, 1.807) is 7.11 Å². The van der Waals surface area contributed by atoms with Crippen LogP contribution in [0, 0.1) is 5.41 Å². The van der Waals surface area contributed by atoms with Gasteiger partial charge in [0.25, 0.3) is 0 Å². The van der Waals surface area contributed by atoms with Crippen LogP contribution in [0.4, 0.5) is 0 Å². The zero-order valence-electron chi connectivity index (χ0n) is 11.6. The van der Waals surface area contributed by atoms with E-state index in [-0.39, 0.29) is 17.8 Å². The number of methoxy groups -OCH3 is 1. The number of carbonyl (C=O) groups is 1. The molecule has 1 atom stereocenters. The summed E-state index contributed by atoms with van der Waals surface area (Å²) in [4.78, 5) is 11.0. The highest BCUT2D eigenvalue weighted by atomic mass is 16.5. The van der Waals surface area contributed by atoms with E-state index < -0.39 is 5.97 Å². The quantitative estimate of drug-likeness (QED) is 0.867. The number of benzene rings is 1. The van der Waals surface area contributed by atoms with Crippen LogP contribution in [0.1, 0.15) is 45.1 Å². The Morgan fingerprint density at radius 3 is 2.44 bits per heavy atom. The summed E-state index contributed by atoms with van der Waals surface area (Å²) >= 11 is 0. The van der Waals surface area contributed by atoms with Gasteiger partial charge in [-0.1, -0.05) is 39.0 Å². The summed E-state index contributed by atoms with van der Waals surface area (Å²) in [7, 11) is 1.62. The van der Waals surface area contributed by atoms with Crippen LogP contribution in [0.3, 0.4) is 0 Å². The number of aliphatic carboxylic acids is 1. The Morgan fingerprint density at radius 2 is 1.94 bits per heavy atom. The normalized spacial score (nSPS) is 13.1. The molecule has 1 aromatic carbocycles. The molecular formula is C15H22O3. The highest BCUT2D eigenvalue weighted by Crippen LogP contribution is 2.37. The number of para-hydroxylation sites is 1. The number of carboxylic acids is 1. The number of carboxylic acid groups (broad SMARTS) is 1. The lowest BCUT2D eigenvalue weighted by Gasteiger charge is -2.26. The van der Waals surface area contributed by atoms with Gasteiger partial charge in [-0.2, -0.15) is 0 Å². The van der Waals surface area contributed by atoms with E-state index in [9.17, 15) is 4.79 Å². The maximum Gasteiger partial charge on any atom is 0.303 e. The molecule has 1 unspecified atom stereocenters. The first kappa shape index (κ1) is 14.6. The van der Waals surface area contributed by atoms with Gasteiger partial charge in [0, 0.05) is 0 Å². The molecule has 0 aliphatic heterocycles. The molecule has 0 radical (unpaired) electrons. The highest BCUT2D eigenvalue weighted by Gasteiger charge is 2.24. The Balaban J connectivity index is 3.04. The van der Waals surface area contributed by atoms with Gasteiger partial charge in [-0.15, -0.1) is 0 Å². The lowest BCUT2D eigenvalue weighted by Crippen LogP contribution is -2.15. The van der Waals surface area contributed by atoms with Crippen LogP contribution < -0.4 is 4.74 Å². The van der Waals surface area contributed by atoms with Gasteiger partial charge in [-0.25, -0.2) is 0 Å². The predicted molar refractivity (Wildman–Crippen MR) is 72.1 cm³/mol. The van der Waals surface area contributed by atoms with E-state index in [0.29, 0.717) is 0 Å². The maximum absolute atomic E-state index is 11.0. The molecule has 3 heteroatoms. The summed E-state index contributed by atoms with van der Waals surface area (Å²) in [5.41, 5.74) is 1.07. The third-order valence-electron chi connectivity index (χ3n) is 2.86. The second-order valence-corrected chi connectivity index (χ2v) is 5.80. The number of ether oxygens (including phenoxy) is 1. The van der Waals surface area contributed by atoms with Crippen molar-refractivity contribution in [2.75, 3.05) is 7.11 Å². The smallest absolute Gasteiger partial charge is 0.303 e. The van der Waals surface area contributed by atoms with Crippen molar-refractivity contribution in [1.82, 2.24) is 0 Å². The van der Waals surface area contributed by atoms with Crippen LogP contribution >= 0.6 is 0 Å². The van der Waals surface area contributed by atoms with Crippen molar-refractivity contribution in [3.63, 3.8) is 0 Å². The molecule has 1 rings (SSSR count). The summed E-state index contributed by atoms with van der Waals surface area (Å²) in [5, 5.41) is 9.06. The Hall–Kier alpha value is -1.51. The van der Waals surface area contributed by atoms with Gasteiger partial charge in [-0.05, 0) is 29.4 Å². The Labute approximate surface area is 109 Å². The summed E-state index contributed by atoms with van der Waals surface area (Å²) in [5.74, 6) is -0.0122. The Morgan fingerprint density at radius 1 is 1.33 bits per heavy atom. The van der Waals surface area contributed by atoms with Crippen LogP contribution in [0.15, 0.2) is 24.3 Å². The van der Waals surface area contributed by atoms with Crippen LogP contribution in [0.5, 0.6) is 5.75 Å². The fraction of sp³-hybridized carbons (Fsp3) is 0.533. The maximum atomic E-state index is 11.0. The van der Waals surface area contributed by atoms with Crippen molar-refractivity contribution in [1.29, 1.82) is 0 Å². The summed E-state index contributed by atoms with van der Waals surface area (Å²) in [6, 6.07) is 7.66. The van der Waals surface area contributed by atoms with E-state index in [2.05, 4.69) is 20.8 Å². The van der Waals surface area contributed by atoms with Crippen LogP contribution in [0.2, 0.25) is 0 Å². The van der Waals surface area contributed by atoms with Gasteiger partial charge in [-0.3, -0.25) is 4.79 Å². The molecule has 0 spiro atoms. The number of rotatable bonds is 5. The number of hydrogen-bond acceptors (Lipinski definition) is 2. The van der Waals surface area contributed by atoms with E-state index in [0.717, 1.165) is 17.7 Å². The zero-order chi connectivity index (χ0) is 13.8. The zero-order valence-corrected chi connectivity index (χ0v) is 11.6. The molecule has 1 N–H and O–H groups in total. The minimum Gasteiger partial charge on any atom is -0.496 e. The first-order chi connectivity index (χ1) is 8.33. The Kier molecular flexibility index (Phi) is 4.76. The van der Waals surface area contributed by atoms with E-state index >= 15 is 0 Å². The largest absolute Gasteiger partial charge is 0.496 e. The lowest BCUT2D eigenvalue weighted by atomic mass is 9.79. The predicted octanol–water partition coefficient (Wildman–Crippen LogP) is 3.69. The molecule has 0 aliphatic rings. The third kappa shape index (κ3) is 4.40. The summed E-state index contributed by atoms with van der Waals surface area (Å²) in [6.07, 6.45) is 0.956. The second kappa shape index (κ2) is 5.89. The molecule has 0 saturated heterocycles. The van der Waals surface area contributed by atoms with Crippen LogP contribution in [0.25, 0.3) is 0 Å². The first-order valence-corrected chi connectivity index (χ1v) is 6.18. The SMILES string of the molecule is COc1ccccc1C(CC(=O)O)CC(C)(C)C. The van der Waals surface area contributed by atoms with Gasteiger partial charge < -0.3 is 9.84 Å². The average Bonchev–Trinajstić information content (AvgIpc) is 2.25. The van der Waals surface area contributed by atoms with Crippen LogP contribution in [-0.4, -0.2) is 18.2 Å². The molecule has 0 saturated carbocycles. The molecule has 100 valence electrons. The topological polar surface area (TPSA) is 46.5 Å². The van der Waals surface area contributed by atoms with Crippen LogP contribution in [-0.2, 0) is 4.79 Å². The first-order valence-electron chi connectivity index (χ1n) is 6.18. The van der Waals surface area contributed by atoms with Crippen molar-refractivity contribution < 1.29 is 14.6 Å². The molecule has 0 amide bonds. The molecule has 1 aromatic rings. The lowest BCUT2D eigenvalue weighted by molar-refractivity contribution is -0.137. The standard InChI is InChI=1S/C15H22O3/c1-15(2,3)10-11(9-14(16)17)12-7-5-6-8-13(12)18-4/h5-8,11H,9-10H2,1-4H3,(H,16,17). The van der Waals surface area contributed by atoms with Gasteiger partial charge in [0.15, 0.2) is 0 Å². The van der Waals surface area contributed by atoms with E-state index in [1.807, 2.05) is 24.3 Å². The van der Waals surface area contributed by atoms with Gasteiger partial charge in [0.1, 0.15) is 5.75 Å². The second-order valence-electron chi connectivity index (χ2n) is 5.80. The molecule has 3 nitrogen and oxygen atoms in total. The van der Waals surface area contributed by atoms with Crippen molar-refractivity contribution in [3.8, 4) is 5.75 Å². The van der Waals surface area contributed by atoms with Crippen molar-refractivity contribution in [2.24, 2.45) is 5.41 Å². The molecule has 0 aliphatic carbocycles. The van der Waals surface area contributed by atoms with Gasteiger partial charge >= 0.3 is 5.97 Å². The van der Waals surface area contributed by atoms with Crippen molar-refractivity contribution in [3.05, 3.63) is 29.8 Å². The Bertz CT molecular complexity index is 404. The minimum atomic E-state index is -0.768. The van der Waals surface area contributed by atoms with Gasteiger partial charge in [0.2, 0.25) is 0 Å². The average molecular weight is 250 g/mol.